The standard InChI is InChI=1S/C17H13ClN2O6S/c1-20(12-8-9(17(23)24)6-7-11(12)18)14(16(19)22)15(21)10-4-2-3-5-13(10)27(20,25)26/h2-8H,1H3,(H3-,19,21,22,23,24)/p+1. The number of aliphatic hydroxyl groups excluding tert-OH is 1. The number of carbonyl (C=O) groups is 2. The Hall–Kier alpha value is -2.88. The summed E-state index contributed by atoms with van der Waals surface area (Å²) in [7, 11) is -3.28. The highest BCUT2D eigenvalue weighted by Crippen LogP contribution is 2.46. The van der Waals surface area contributed by atoms with E-state index in [1.165, 1.54) is 36.4 Å². The number of amides is 1. The van der Waals surface area contributed by atoms with E-state index in [1.54, 1.807) is 0 Å². The number of halogens is 1. The van der Waals surface area contributed by atoms with Gasteiger partial charge in [0.1, 0.15) is 9.92 Å². The van der Waals surface area contributed by atoms with Gasteiger partial charge < -0.3 is 15.9 Å². The first-order valence-electron chi connectivity index (χ1n) is 7.51. The van der Waals surface area contributed by atoms with Crippen LogP contribution in [0.25, 0.3) is 5.76 Å². The SMILES string of the molecule is C[N+]1(c2cc(C(=O)O)ccc2Cl)C(C(N)=O)=C(O)c2ccccc2S1(=O)=O. The molecule has 2 aromatic rings. The summed E-state index contributed by atoms with van der Waals surface area (Å²) in [6.07, 6.45) is 0. The van der Waals surface area contributed by atoms with Gasteiger partial charge in [0.15, 0.2) is 11.4 Å². The fraction of sp³-hybridized carbons (Fsp3) is 0.0588. The van der Waals surface area contributed by atoms with Gasteiger partial charge in [-0.2, -0.15) is 8.42 Å². The molecule has 0 aliphatic carbocycles. The van der Waals surface area contributed by atoms with Crippen LogP contribution in [0.3, 0.4) is 0 Å². The van der Waals surface area contributed by atoms with Crippen LogP contribution < -0.4 is 9.62 Å². The smallest absolute Gasteiger partial charge is 0.337 e. The summed E-state index contributed by atoms with van der Waals surface area (Å²) in [5, 5.41) is 19.8. The van der Waals surface area contributed by atoms with Gasteiger partial charge in [-0.25, -0.2) is 4.79 Å². The fourth-order valence-corrected chi connectivity index (χ4v) is 5.33. The summed E-state index contributed by atoms with van der Waals surface area (Å²) in [6, 6.07) is 8.99. The number of hydrogen-bond donors (Lipinski definition) is 3. The summed E-state index contributed by atoms with van der Waals surface area (Å²) in [5.74, 6) is -3.12. The number of aliphatic hydroxyl groups is 1. The van der Waals surface area contributed by atoms with Crippen molar-refractivity contribution in [1.82, 2.24) is 3.89 Å². The van der Waals surface area contributed by atoms with Crippen LogP contribution in [0.2, 0.25) is 5.02 Å². The topological polar surface area (TPSA) is 135 Å². The molecule has 0 radical (unpaired) electrons. The summed E-state index contributed by atoms with van der Waals surface area (Å²) in [5.41, 5.74) is 4.21. The number of quaternary nitrogens is 1. The Morgan fingerprint density at radius 2 is 1.78 bits per heavy atom. The van der Waals surface area contributed by atoms with Crippen LogP contribution in [-0.2, 0) is 14.8 Å². The second-order valence-corrected chi connectivity index (χ2v) is 8.46. The van der Waals surface area contributed by atoms with Gasteiger partial charge in [0, 0.05) is 11.6 Å². The number of aromatic carboxylic acids is 1. The molecule has 27 heavy (non-hydrogen) atoms. The minimum atomic E-state index is -4.39. The van der Waals surface area contributed by atoms with Gasteiger partial charge in [0.25, 0.3) is 5.70 Å². The van der Waals surface area contributed by atoms with Crippen LogP contribution in [0.4, 0.5) is 5.69 Å². The van der Waals surface area contributed by atoms with Crippen LogP contribution in [-0.4, -0.2) is 37.6 Å². The monoisotopic (exact) mass is 409 g/mol. The van der Waals surface area contributed by atoms with Gasteiger partial charge in [0.05, 0.1) is 12.6 Å². The zero-order chi connectivity index (χ0) is 20.1. The Bertz CT molecular complexity index is 1140. The van der Waals surface area contributed by atoms with Gasteiger partial charge in [-0.05, 0) is 24.3 Å². The molecule has 1 aliphatic heterocycles. The second-order valence-electron chi connectivity index (χ2n) is 5.93. The zero-order valence-electron chi connectivity index (χ0n) is 13.9. The molecule has 1 amide bonds. The van der Waals surface area contributed by atoms with E-state index in [-0.39, 0.29) is 26.7 Å². The number of carboxylic acid groups (broad SMARTS) is 1. The zero-order valence-corrected chi connectivity index (χ0v) is 15.5. The molecule has 0 spiro atoms. The maximum Gasteiger partial charge on any atom is 0.337 e. The number of hydrogen-bond acceptors (Lipinski definition) is 5. The van der Waals surface area contributed by atoms with Gasteiger partial charge >= 0.3 is 21.9 Å². The van der Waals surface area contributed by atoms with E-state index < -0.39 is 37.2 Å². The lowest BCUT2D eigenvalue weighted by molar-refractivity contribution is -0.115. The third-order valence-corrected chi connectivity index (χ3v) is 7.01. The number of likely N-dealkylation sites (N-methyl/N-ethyl adjacent to an activating group) is 1. The maximum absolute atomic E-state index is 13.4. The largest absolute Gasteiger partial charge is 0.502 e. The predicted octanol–water partition coefficient (Wildman–Crippen LogP) is 2.09. The number of fused-ring (bicyclic) bond motifs is 1. The van der Waals surface area contributed by atoms with Crippen molar-refractivity contribution in [3.05, 3.63) is 64.3 Å². The van der Waals surface area contributed by atoms with Gasteiger partial charge in [0.2, 0.25) is 0 Å². The predicted molar refractivity (Wildman–Crippen MR) is 98.5 cm³/mol. The van der Waals surface area contributed by atoms with Crippen molar-refractivity contribution in [2.24, 2.45) is 5.73 Å². The molecule has 1 atom stereocenters. The van der Waals surface area contributed by atoms with Crippen molar-refractivity contribution in [3.8, 4) is 0 Å². The van der Waals surface area contributed by atoms with Crippen LogP contribution in [0.1, 0.15) is 15.9 Å². The van der Waals surface area contributed by atoms with Crippen LogP contribution in [0.15, 0.2) is 53.1 Å². The Morgan fingerprint density at radius 1 is 1.15 bits per heavy atom. The first-order chi connectivity index (χ1) is 12.5. The molecule has 1 unspecified atom stereocenters. The number of carboxylic acids is 1. The van der Waals surface area contributed by atoms with Crippen LogP contribution in [0.5, 0.6) is 0 Å². The van der Waals surface area contributed by atoms with Gasteiger partial charge in [-0.1, -0.05) is 23.7 Å². The van der Waals surface area contributed by atoms with Crippen LogP contribution in [0, 0.1) is 0 Å². The number of benzene rings is 2. The van der Waals surface area contributed by atoms with Crippen molar-refractivity contribution < 1.29 is 28.2 Å². The molecule has 10 heteroatoms. The maximum atomic E-state index is 13.4. The lowest BCUT2D eigenvalue weighted by Gasteiger charge is -2.36. The van der Waals surface area contributed by atoms with Gasteiger partial charge in [-0.15, -0.1) is 3.89 Å². The molecule has 0 bridgehead atoms. The summed E-state index contributed by atoms with van der Waals surface area (Å²) >= 11 is 6.17. The molecule has 4 N–H and O–H groups in total. The van der Waals surface area contributed by atoms with Crippen molar-refractivity contribution in [2.75, 3.05) is 7.05 Å². The molecule has 2 aromatic carbocycles. The first kappa shape index (κ1) is 18.9. The minimum Gasteiger partial charge on any atom is -0.502 e. The molecular formula is C17H14ClN2O6S+. The number of primary amides is 1. The van der Waals surface area contributed by atoms with Gasteiger partial charge in [-0.3, -0.25) is 4.79 Å². The fourth-order valence-electron chi connectivity index (χ4n) is 3.08. The number of nitrogens with two attached hydrogens (primary N) is 1. The summed E-state index contributed by atoms with van der Waals surface area (Å²) < 4.78 is 25.6. The summed E-state index contributed by atoms with van der Waals surface area (Å²) in [6.45, 7) is 0. The minimum absolute atomic E-state index is 0.0765. The van der Waals surface area contributed by atoms with E-state index in [1.807, 2.05) is 0 Å². The Kier molecular flexibility index (Phi) is 4.26. The molecule has 140 valence electrons. The van der Waals surface area contributed by atoms with E-state index in [0.29, 0.717) is 0 Å². The van der Waals surface area contributed by atoms with E-state index in [2.05, 4.69) is 0 Å². The lowest BCUT2D eigenvalue weighted by atomic mass is 10.1. The van der Waals surface area contributed by atoms with E-state index in [4.69, 9.17) is 17.3 Å². The third kappa shape index (κ3) is 2.51. The van der Waals surface area contributed by atoms with Crippen molar-refractivity contribution in [2.45, 2.75) is 4.90 Å². The average Bonchev–Trinajstić information content (AvgIpc) is 2.60. The van der Waals surface area contributed by atoms with Crippen LogP contribution >= 0.6 is 11.6 Å². The molecule has 3 rings (SSSR count). The number of rotatable bonds is 3. The number of sulfonamides is 1. The molecule has 1 heterocycles. The molecular weight excluding hydrogens is 396 g/mol. The summed E-state index contributed by atoms with van der Waals surface area (Å²) in [4.78, 5) is 23.2. The highest BCUT2D eigenvalue weighted by atomic mass is 35.5. The van der Waals surface area contributed by atoms with E-state index >= 15 is 0 Å². The highest BCUT2D eigenvalue weighted by Gasteiger charge is 2.55. The first-order valence-corrected chi connectivity index (χ1v) is 9.33. The average molecular weight is 410 g/mol. The Labute approximate surface area is 159 Å². The molecule has 8 nitrogen and oxygen atoms in total. The van der Waals surface area contributed by atoms with E-state index in [9.17, 15) is 28.2 Å². The lowest BCUT2D eigenvalue weighted by Crippen LogP contribution is -2.55. The number of carbonyl (C=O) groups excluding carboxylic acids is 1. The van der Waals surface area contributed by atoms with Crippen molar-refractivity contribution >= 4 is 44.9 Å². The quantitative estimate of drug-likeness (QED) is 0.664. The molecule has 1 aliphatic rings. The number of nitrogens with zero attached hydrogens (tertiary/aromatic N) is 1. The van der Waals surface area contributed by atoms with Crippen molar-refractivity contribution in [3.63, 3.8) is 0 Å². The van der Waals surface area contributed by atoms with Crippen molar-refractivity contribution in [1.29, 1.82) is 0 Å². The Balaban J connectivity index is 2.51. The molecule has 0 saturated heterocycles. The molecule has 0 fully saturated rings. The normalized spacial score (nSPS) is 20.8. The molecule has 0 aromatic heterocycles. The second kappa shape index (κ2) is 6.08. The molecule has 0 saturated carbocycles. The Morgan fingerprint density at radius 3 is 2.37 bits per heavy atom. The highest BCUT2D eigenvalue weighted by molar-refractivity contribution is 7.91. The third-order valence-electron chi connectivity index (χ3n) is 4.44. The van der Waals surface area contributed by atoms with E-state index in [0.717, 1.165) is 13.1 Å².